The number of hydrogen-bond acceptors (Lipinski definition) is 5. The van der Waals surface area contributed by atoms with Gasteiger partial charge in [-0.25, -0.2) is 17.2 Å². The summed E-state index contributed by atoms with van der Waals surface area (Å²) in [6.07, 6.45) is 2.94. The van der Waals surface area contributed by atoms with Crippen LogP contribution in [-0.4, -0.2) is 40.2 Å². The summed E-state index contributed by atoms with van der Waals surface area (Å²) in [6.45, 7) is 1.93. The summed E-state index contributed by atoms with van der Waals surface area (Å²) in [6, 6.07) is 9.06. The molecule has 0 spiro atoms. The topological polar surface area (TPSA) is 59.5 Å². The van der Waals surface area contributed by atoms with E-state index >= 15 is 0 Å². The summed E-state index contributed by atoms with van der Waals surface area (Å²) in [5.74, 6) is -0.672. The lowest BCUT2D eigenvalue weighted by atomic mass is 9.97. The van der Waals surface area contributed by atoms with Crippen LogP contribution in [0.1, 0.15) is 12.8 Å². The first-order chi connectivity index (χ1) is 14.4. The zero-order chi connectivity index (χ0) is 21.3. The van der Waals surface area contributed by atoms with Gasteiger partial charge < -0.3 is 9.64 Å². The number of sulfone groups is 1. The number of methoxy groups -OCH3 is 1. The minimum atomic E-state index is -4.03. The average molecular weight is 432 g/mol. The van der Waals surface area contributed by atoms with Crippen molar-refractivity contribution in [2.45, 2.75) is 22.6 Å². The molecule has 30 heavy (non-hydrogen) atoms. The van der Waals surface area contributed by atoms with Crippen LogP contribution in [0.25, 0.3) is 10.9 Å². The van der Waals surface area contributed by atoms with Gasteiger partial charge in [0.15, 0.2) is 0 Å². The summed E-state index contributed by atoms with van der Waals surface area (Å²) in [4.78, 5) is 6.06. The highest BCUT2D eigenvalue weighted by Crippen LogP contribution is 2.38. The highest BCUT2D eigenvalue weighted by Gasteiger charge is 2.29. The van der Waals surface area contributed by atoms with E-state index in [1.54, 1.807) is 13.2 Å². The molecule has 0 bridgehead atoms. The molecule has 0 unspecified atom stereocenters. The van der Waals surface area contributed by atoms with Crippen molar-refractivity contribution in [2.75, 3.05) is 31.7 Å². The minimum Gasteiger partial charge on any atom is -0.384 e. The molecule has 0 saturated carbocycles. The summed E-state index contributed by atoms with van der Waals surface area (Å²) in [7, 11) is -2.36. The molecule has 0 amide bonds. The van der Waals surface area contributed by atoms with Crippen LogP contribution in [-0.2, 0) is 14.6 Å². The van der Waals surface area contributed by atoms with Gasteiger partial charge in [-0.3, -0.25) is 4.98 Å². The molecular formula is C22H22F2N2O3S. The lowest BCUT2D eigenvalue weighted by molar-refractivity contribution is 0.139. The number of benzene rings is 2. The van der Waals surface area contributed by atoms with Gasteiger partial charge in [-0.2, -0.15) is 0 Å². The quantitative estimate of drug-likeness (QED) is 0.605. The normalized spacial score (nSPS) is 15.6. The van der Waals surface area contributed by atoms with Gasteiger partial charge in [-0.1, -0.05) is 6.07 Å². The molecule has 5 nitrogen and oxygen atoms in total. The largest absolute Gasteiger partial charge is 0.384 e. The van der Waals surface area contributed by atoms with Crippen molar-refractivity contribution < 1.29 is 21.9 Å². The molecule has 0 N–H and O–H groups in total. The molecule has 0 radical (unpaired) electrons. The van der Waals surface area contributed by atoms with E-state index in [1.165, 1.54) is 36.5 Å². The van der Waals surface area contributed by atoms with E-state index in [4.69, 9.17) is 4.74 Å². The zero-order valence-corrected chi connectivity index (χ0v) is 17.3. The Bertz CT molecular complexity index is 1180. The number of pyridine rings is 1. The second-order valence-electron chi connectivity index (χ2n) is 7.48. The van der Waals surface area contributed by atoms with Gasteiger partial charge in [-0.15, -0.1) is 0 Å². The van der Waals surface area contributed by atoms with Crippen LogP contribution in [0.2, 0.25) is 0 Å². The van der Waals surface area contributed by atoms with E-state index in [0.717, 1.165) is 18.9 Å². The van der Waals surface area contributed by atoms with Gasteiger partial charge in [0, 0.05) is 44.5 Å². The van der Waals surface area contributed by atoms with Crippen LogP contribution < -0.4 is 4.90 Å². The number of nitrogens with zero attached hydrogens (tertiary/aromatic N) is 2. The van der Waals surface area contributed by atoms with E-state index in [2.05, 4.69) is 4.98 Å². The van der Waals surface area contributed by atoms with Gasteiger partial charge in [0.05, 0.1) is 16.1 Å². The molecule has 0 aliphatic carbocycles. The fraction of sp³-hybridized carbons (Fsp3) is 0.318. The highest BCUT2D eigenvalue weighted by atomic mass is 32.2. The van der Waals surface area contributed by atoms with E-state index in [0.29, 0.717) is 42.2 Å². The third kappa shape index (κ3) is 3.89. The van der Waals surface area contributed by atoms with Crippen LogP contribution in [0.4, 0.5) is 14.5 Å². The first kappa shape index (κ1) is 20.7. The molecule has 8 heteroatoms. The number of piperidine rings is 1. The monoisotopic (exact) mass is 432 g/mol. The molecule has 3 aromatic rings. The summed E-state index contributed by atoms with van der Waals surface area (Å²) in [5.41, 5.74) is 0.863. The Morgan fingerprint density at radius 3 is 2.53 bits per heavy atom. The predicted octanol–water partition coefficient (Wildman–Crippen LogP) is 4.21. The predicted molar refractivity (Wildman–Crippen MR) is 110 cm³/mol. The molecule has 1 fully saturated rings. The third-order valence-electron chi connectivity index (χ3n) is 5.50. The Morgan fingerprint density at radius 2 is 1.83 bits per heavy atom. The van der Waals surface area contributed by atoms with E-state index in [9.17, 15) is 17.2 Å². The van der Waals surface area contributed by atoms with Crippen molar-refractivity contribution in [2.24, 2.45) is 5.92 Å². The van der Waals surface area contributed by atoms with Gasteiger partial charge in [0.25, 0.3) is 0 Å². The van der Waals surface area contributed by atoms with Crippen LogP contribution in [0, 0.1) is 17.6 Å². The number of hydrogen-bond donors (Lipinski definition) is 0. The highest BCUT2D eigenvalue weighted by molar-refractivity contribution is 7.91. The molecule has 1 aromatic heterocycles. The molecule has 2 heterocycles. The molecular weight excluding hydrogens is 410 g/mol. The molecule has 158 valence electrons. The van der Waals surface area contributed by atoms with Crippen molar-refractivity contribution in [1.82, 2.24) is 4.98 Å². The lowest BCUT2D eigenvalue weighted by Gasteiger charge is -2.35. The number of aromatic nitrogens is 1. The Balaban J connectivity index is 1.86. The number of anilines is 1. The van der Waals surface area contributed by atoms with Gasteiger partial charge in [0.2, 0.25) is 9.84 Å². The van der Waals surface area contributed by atoms with Gasteiger partial charge in [0.1, 0.15) is 16.5 Å². The van der Waals surface area contributed by atoms with Crippen LogP contribution >= 0.6 is 0 Å². The Kier molecular flexibility index (Phi) is 5.71. The Labute approximate surface area is 174 Å². The van der Waals surface area contributed by atoms with Crippen molar-refractivity contribution in [3.63, 3.8) is 0 Å². The molecule has 1 saturated heterocycles. The molecule has 4 rings (SSSR count). The molecule has 2 aromatic carbocycles. The minimum absolute atomic E-state index is 0.00241. The summed E-state index contributed by atoms with van der Waals surface area (Å²) < 4.78 is 59.6. The number of halogens is 2. The Morgan fingerprint density at radius 1 is 1.10 bits per heavy atom. The second kappa shape index (κ2) is 8.28. The average Bonchev–Trinajstić information content (AvgIpc) is 2.73. The van der Waals surface area contributed by atoms with E-state index in [-0.39, 0.29) is 9.79 Å². The van der Waals surface area contributed by atoms with Gasteiger partial charge in [-0.05, 0) is 49.1 Å². The van der Waals surface area contributed by atoms with Crippen LogP contribution in [0.5, 0.6) is 0 Å². The number of ether oxygens (including phenoxy) is 1. The Hall–Kier alpha value is -2.58. The zero-order valence-electron chi connectivity index (χ0n) is 16.5. The molecule has 1 aliphatic rings. The molecule has 0 atom stereocenters. The van der Waals surface area contributed by atoms with Crippen LogP contribution in [0.15, 0.2) is 58.5 Å². The standard InChI is InChI=1S/C22H22F2N2O3S/c1-29-14-15-7-9-26(10-8-15)22-19-6-5-17(24)12-20(19)25-13-21(22)30(27,28)18-4-2-3-16(23)11-18/h2-6,11-13,15H,7-10,14H2,1H3. The van der Waals surface area contributed by atoms with Crippen molar-refractivity contribution >= 4 is 26.4 Å². The first-order valence-corrected chi connectivity index (χ1v) is 11.2. The molecule has 1 aliphatic heterocycles. The van der Waals surface area contributed by atoms with Crippen LogP contribution in [0.3, 0.4) is 0 Å². The van der Waals surface area contributed by atoms with E-state index in [1.807, 2.05) is 4.90 Å². The summed E-state index contributed by atoms with van der Waals surface area (Å²) in [5, 5.41) is 0.555. The van der Waals surface area contributed by atoms with Gasteiger partial charge >= 0.3 is 0 Å². The van der Waals surface area contributed by atoms with Crippen molar-refractivity contribution in [3.05, 3.63) is 60.3 Å². The van der Waals surface area contributed by atoms with E-state index < -0.39 is 21.5 Å². The maximum absolute atomic E-state index is 13.8. The maximum atomic E-state index is 13.8. The number of rotatable bonds is 5. The fourth-order valence-electron chi connectivity index (χ4n) is 3.98. The van der Waals surface area contributed by atoms with Crippen molar-refractivity contribution in [1.29, 1.82) is 0 Å². The summed E-state index contributed by atoms with van der Waals surface area (Å²) >= 11 is 0. The smallest absolute Gasteiger partial charge is 0.210 e. The first-order valence-electron chi connectivity index (χ1n) is 9.73. The third-order valence-corrected chi connectivity index (χ3v) is 7.25. The maximum Gasteiger partial charge on any atom is 0.210 e. The SMILES string of the molecule is COCC1CCN(c2c(S(=O)(=O)c3cccc(F)c3)cnc3cc(F)ccc23)CC1. The van der Waals surface area contributed by atoms with Crippen molar-refractivity contribution in [3.8, 4) is 0 Å². The lowest BCUT2D eigenvalue weighted by Crippen LogP contribution is -2.36. The number of fused-ring (bicyclic) bond motifs is 1. The second-order valence-corrected chi connectivity index (χ2v) is 9.40. The fourth-order valence-corrected chi connectivity index (χ4v) is 5.44.